The summed E-state index contributed by atoms with van der Waals surface area (Å²) in [6.07, 6.45) is -1.91. The van der Waals surface area contributed by atoms with Gasteiger partial charge in [0.2, 0.25) is 15.9 Å². The van der Waals surface area contributed by atoms with Crippen LogP contribution in [-0.2, 0) is 27.4 Å². The highest BCUT2D eigenvalue weighted by molar-refractivity contribution is 7.89. The molecule has 2 aromatic carbocycles. The van der Waals surface area contributed by atoms with Gasteiger partial charge in [-0.2, -0.15) is 13.2 Å². The van der Waals surface area contributed by atoms with Gasteiger partial charge in [-0.25, -0.2) is 12.7 Å². The molecule has 0 bridgehead atoms. The zero-order valence-electron chi connectivity index (χ0n) is 20.2. The van der Waals surface area contributed by atoms with Gasteiger partial charge in [0.15, 0.2) is 0 Å². The maximum Gasteiger partial charge on any atom is 0.416 e. The fourth-order valence-electron chi connectivity index (χ4n) is 4.95. The minimum absolute atomic E-state index is 0.0540. The van der Waals surface area contributed by atoms with E-state index in [4.69, 9.17) is 0 Å². The number of benzene rings is 2. The van der Waals surface area contributed by atoms with Crippen molar-refractivity contribution in [2.24, 2.45) is 5.92 Å². The molecule has 2 aliphatic rings. The van der Waals surface area contributed by atoms with Crippen LogP contribution in [0.2, 0.25) is 0 Å². The molecule has 1 amide bonds. The van der Waals surface area contributed by atoms with Crippen LogP contribution in [0.3, 0.4) is 0 Å². The summed E-state index contributed by atoms with van der Waals surface area (Å²) in [6.45, 7) is 2.29. The standard InChI is InChI=1S/C26H32F3N3O3S/c27-26(28,29)23-11-4-12-24(19-23)30-14-16-31(17-15-30)25(33)22-10-5-13-32(20-22)36(34,35)18-6-9-21-7-2-1-3-8-21/h1-4,7-8,11-12,19,22H,5-6,9-10,13-18,20H2/t22-/m1/s1. The van der Waals surface area contributed by atoms with E-state index in [0.717, 1.165) is 17.7 Å². The molecule has 2 saturated heterocycles. The van der Waals surface area contributed by atoms with E-state index in [1.165, 1.54) is 10.4 Å². The first kappa shape index (κ1) is 26.5. The third-order valence-electron chi connectivity index (χ3n) is 6.97. The molecule has 2 aliphatic heterocycles. The number of piperidine rings is 1. The van der Waals surface area contributed by atoms with E-state index in [1.807, 2.05) is 35.2 Å². The van der Waals surface area contributed by atoms with Crippen LogP contribution in [0.4, 0.5) is 18.9 Å². The molecule has 0 spiro atoms. The lowest BCUT2D eigenvalue weighted by atomic mass is 9.97. The monoisotopic (exact) mass is 523 g/mol. The second kappa shape index (κ2) is 11.2. The zero-order valence-corrected chi connectivity index (χ0v) is 21.0. The summed E-state index contributed by atoms with van der Waals surface area (Å²) in [5, 5.41) is 0. The fourth-order valence-corrected chi connectivity index (χ4v) is 6.53. The number of rotatable bonds is 7. The molecule has 0 aromatic heterocycles. The van der Waals surface area contributed by atoms with Crippen molar-refractivity contribution in [2.45, 2.75) is 31.9 Å². The van der Waals surface area contributed by atoms with E-state index in [1.54, 1.807) is 11.0 Å². The number of halogens is 3. The molecule has 0 radical (unpaired) electrons. The topological polar surface area (TPSA) is 60.9 Å². The molecule has 6 nitrogen and oxygen atoms in total. The lowest BCUT2D eigenvalue weighted by Crippen LogP contribution is -2.53. The first-order valence-corrected chi connectivity index (χ1v) is 14.0. The Morgan fingerprint density at radius 1 is 0.944 bits per heavy atom. The number of carbonyl (C=O) groups excluding carboxylic acids is 1. The molecule has 0 unspecified atom stereocenters. The van der Waals surface area contributed by atoms with Crippen molar-refractivity contribution < 1.29 is 26.4 Å². The fraction of sp³-hybridized carbons (Fsp3) is 0.500. The van der Waals surface area contributed by atoms with Crippen LogP contribution >= 0.6 is 0 Å². The second-order valence-corrected chi connectivity index (χ2v) is 11.6. The molecule has 4 rings (SSSR count). The van der Waals surface area contributed by atoms with Gasteiger partial charge in [0, 0.05) is 45.0 Å². The van der Waals surface area contributed by atoms with E-state index < -0.39 is 21.8 Å². The van der Waals surface area contributed by atoms with Gasteiger partial charge in [-0.3, -0.25) is 4.79 Å². The Morgan fingerprint density at radius 2 is 1.67 bits per heavy atom. The summed E-state index contributed by atoms with van der Waals surface area (Å²) in [4.78, 5) is 16.8. The lowest BCUT2D eigenvalue weighted by molar-refractivity contribution is -0.137. The number of aryl methyl sites for hydroxylation is 1. The van der Waals surface area contributed by atoms with Gasteiger partial charge in [0.1, 0.15) is 0 Å². The molecular formula is C26H32F3N3O3S. The van der Waals surface area contributed by atoms with Gasteiger partial charge in [-0.15, -0.1) is 0 Å². The first-order chi connectivity index (χ1) is 17.1. The van der Waals surface area contributed by atoms with Crippen LogP contribution in [-0.4, -0.2) is 68.6 Å². The number of alkyl halides is 3. The SMILES string of the molecule is O=C([C@@H]1CCCN(S(=O)(=O)CCCc2ccccc2)C1)N1CCN(c2cccc(C(F)(F)F)c2)CC1. The Hall–Kier alpha value is -2.59. The van der Waals surface area contributed by atoms with Crippen molar-refractivity contribution in [1.29, 1.82) is 0 Å². The summed E-state index contributed by atoms with van der Waals surface area (Å²) in [5.41, 5.74) is 0.900. The average Bonchev–Trinajstić information content (AvgIpc) is 2.88. The molecule has 0 N–H and O–H groups in total. The highest BCUT2D eigenvalue weighted by atomic mass is 32.2. The number of nitrogens with zero attached hydrogens (tertiary/aromatic N) is 3. The predicted octanol–water partition coefficient (Wildman–Crippen LogP) is 4.03. The van der Waals surface area contributed by atoms with Crippen LogP contribution in [0.5, 0.6) is 0 Å². The van der Waals surface area contributed by atoms with Gasteiger partial charge in [0.05, 0.1) is 17.2 Å². The van der Waals surface area contributed by atoms with E-state index in [2.05, 4.69) is 0 Å². The van der Waals surface area contributed by atoms with Gasteiger partial charge in [-0.1, -0.05) is 36.4 Å². The quantitative estimate of drug-likeness (QED) is 0.550. The molecule has 0 aliphatic carbocycles. The molecule has 2 aromatic rings. The van der Waals surface area contributed by atoms with Crippen molar-refractivity contribution >= 4 is 21.6 Å². The van der Waals surface area contributed by atoms with E-state index in [-0.39, 0.29) is 24.1 Å². The summed E-state index contributed by atoms with van der Waals surface area (Å²) in [5.74, 6) is -0.399. The third-order valence-corrected chi connectivity index (χ3v) is 8.89. The number of carbonyl (C=O) groups is 1. The summed E-state index contributed by atoms with van der Waals surface area (Å²) < 4.78 is 66.5. The molecule has 36 heavy (non-hydrogen) atoms. The molecular weight excluding hydrogens is 491 g/mol. The van der Waals surface area contributed by atoms with Crippen molar-refractivity contribution in [2.75, 3.05) is 49.9 Å². The Balaban J connectivity index is 1.29. The van der Waals surface area contributed by atoms with Gasteiger partial charge >= 0.3 is 6.18 Å². The average molecular weight is 524 g/mol. The molecule has 196 valence electrons. The molecule has 0 saturated carbocycles. The minimum atomic E-state index is -4.40. The summed E-state index contributed by atoms with van der Waals surface area (Å²) in [7, 11) is -3.45. The number of anilines is 1. The van der Waals surface area contributed by atoms with E-state index >= 15 is 0 Å². The Bertz CT molecular complexity index is 1130. The van der Waals surface area contributed by atoms with Gasteiger partial charge < -0.3 is 9.80 Å². The largest absolute Gasteiger partial charge is 0.416 e. The number of sulfonamides is 1. The lowest BCUT2D eigenvalue weighted by Gasteiger charge is -2.39. The second-order valence-electron chi connectivity index (χ2n) is 9.46. The van der Waals surface area contributed by atoms with Gasteiger partial charge in [-0.05, 0) is 49.4 Å². The number of hydrogen-bond donors (Lipinski definition) is 0. The van der Waals surface area contributed by atoms with Crippen LogP contribution < -0.4 is 4.90 Å². The third kappa shape index (κ3) is 6.59. The zero-order chi connectivity index (χ0) is 25.8. The van der Waals surface area contributed by atoms with Crippen molar-refractivity contribution in [1.82, 2.24) is 9.21 Å². The highest BCUT2D eigenvalue weighted by Crippen LogP contribution is 2.32. The molecule has 2 fully saturated rings. The Kier molecular flexibility index (Phi) is 8.24. The molecule has 2 heterocycles. The van der Waals surface area contributed by atoms with Crippen molar-refractivity contribution in [3.63, 3.8) is 0 Å². The van der Waals surface area contributed by atoms with Crippen LogP contribution in [0.1, 0.15) is 30.4 Å². The van der Waals surface area contributed by atoms with Crippen LogP contribution in [0.15, 0.2) is 54.6 Å². The summed E-state index contributed by atoms with van der Waals surface area (Å²) in [6, 6.07) is 15.0. The van der Waals surface area contributed by atoms with E-state index in [9.17, 15) is 26.4 Å². The van der Waals surface area contributed by atoms with E-state index in [0.29, 0.717) is 64.1 Å². The number of amides is 1. The maximum atomic E-state index is 13.2. The van der Waals surface area contributed by atoms with Crippen LogP contribution in [0.25, 0.3) is 0 Å². The van der Waals surface area contributed by atoms with Crippen LogP contribution in [0, 0.1) is 5.92 Å². The van der Waals surface area contributed by atoms with Crippen molar-refractivity contribution in [3.8, 4) is 0 Å². The normalized spacial score (nSPS) is 19.9. The van der Waals surface area contributed by atoms with Gasteiger partial charge in [0.25, 0.3) is 0 Å². The number of hydrogen-bond acceptors (Lipinski definition) is 4. The molecule has 1 atom stereocenters. The Morgan fingerprint density at radius 3 is 2.36 bits per heavy atom. The maximum absolute atomic E-state index is 13.2. The minimum Gasteiger partial charge on any atom is -0.368 e. The number of piperazine rings is 1. The molecule has 10 heteroatoms. The van der Waals surface area contributed by atoms with Crippen molar-refractivity contribution in [3.05, 3.63) is 65.7 Å². The smallest absolute Gasteiger partial charge is 0.368 e. The highest BCUT2D eigenvalue weighted by Gasteiger charge is 2.35. The Labute approximate surface area is 210 Å². The summed E-state index contributed by atoms with van der Waals surface area (Å²) >= 11 is 0. The predicted molar refractivity (Wildman–Crippen MR) is 133 cm³/mol. The first-order valence-electron chi connectivity index (χ1n) is 12.4.